The number of unbranched alkanes of at least 4 members (excludes halogenated alkanes) is 1. The monoisotopic (exact) mass is 426 g/mol. The summed E-state index contributed by atoms with van der Waals surface area (Å²) in [6, 6.07) is 0.683. The highest BCUT2D eigenvalue weighted by molar-refractivity contribution is 8.13. The van der Waals surface area contributed by atoms with Gasteiger partial charge in [-0.3, -0.25) is 4.79 Å². The Morgan fingerprint density at radius 1 is 0.852 bits per heavy atom. The van der Waals surface area contributed by atoms with Gasteiger partial charge in [0.15, 0.2) is 0 Å². The van der Waals surface area contributed by atoms with Crippen LogP contribution in [-0.4, -0.2) is 79.6 Å². The van der Waals surface area contributed by atoms with E-state index >= 15 is 0 Å². The summed E-state index contributed by atoms with van der Waals surface area (Å²) in [6.45, 7) is 10.1. The van der Waals surface area contributed by atoms with Crippen LogP contribution >= 0.6 is 11.8 Å². The minimum Gasteiger partial charge on any atom is -0.379 e. The lowest BCUT2D eigenvalue weighted by Crippen LogP contribution is -2.46. The molecule has 0 bridgehead atoms. The largest absolute Gasteiger partial charge is 0.501 e. The smallest absolute Gasteiger partial charge is 0.379 e. The Labute approximate surface area is 170 Å². The van der Waals surface area contributed by atoms with Gasteiger partial charge >= 0.3 is 8.80 Å². The number of hydrogen-bond acceptors (Lipinski definition) is 8. The molecular weight excluding hydrogens is 388 g/mol. The lowest BCUT2D eigenvalue weighted by Gasteiger charge is -2.29. The van der Waals surface area contributed by atoms with Crippen molar-refractivity contribution in [2.45, 2.75) is 46.1 Å². The molecule has 0 saturated carbocycles. The molecule has 0 saturated heterocycles. The third-order valence-electron chi connectivity index (χ3n) is 3.44. The lowest BCUT2D eigenvalue weighted by molar-refractivity contribution is -0.114. The van der Waals surface area contributed by atoms with Crippen molar-refractivity contribution >= 4 is 25.7 Å². The molecule has 0 unspecified atom stereocenters. The first-order valence-corrected chi connectivity index (χ1v) is 12.8. The van der Waals surface area contributed by atoms with Gasteiger partial charge < -0.3 is 27.5 Å². The highest BCUT2D eigenvalue weighted by Crippen LogP contribution is 2.20. The van der Waals surface area contributed by atoms with Crippen LogP contribution in [0, 0.1) is 0 Å². The predicted molar refractivity (Wildman–Crippen MR) is 110 cm³/mol. The van der Waals surface area contributed by atoms with Crippen molar-refractivity contribution in [1.82, 2.24) is 0 Å². The van der Waals surface area contributed by atoms with Crippen molar-refractivity contribution in [3.63, 3.8) is 0 Å². The number of ether oxygens (including phenoxy) is 3. The van der Waals surface area contributed by atoms with Crippen LogP contribution < -0.4 is 0 Å². The van der Waals surface area contributed by atoms with Crippen LogP contribution in [0.25, 0.3) is 0 Å². The average molecular weight is 427 g/mol. The van der Waals surface area contributed by atoms with Crippen molar-refractivity contribution < 1.29 is 32.3 Å². The quantitative estimate of drug-likeness (QED) is 0.217. The molecular formula is C18H38O7SSi. The van der Waals surface area contributed by atoms with Gasteiger partial charge in [-0.25, -0.2) is 0 Å². The van der Waals surface area contributed by atoms with Crippen LogP contribution in [0.3, 0.4) is 0 Å². The normalized spacial score (nSPS) is 11.9. The van der Waals surface area contributed by atoms with Crippen molar-refractivity contribution in [3.8, 4) is 0 Å². The Balaban J connectivity index is 4.11. The molecule has 0 aromatic heterocycles. The first-order chi connectivity index (χ1) is 13.1. The van der Waals surface area contributed by atoms with Crippen molar-refractivity contribution in [2.75, 3.05) is 65.7 Å². The highest BCUT2D eigenvalue weighted by Gasteiger charge is 2.40. The molecule has 0 amide bonds. The number of methoxy groups -OCH3 is 1. The molecule has 0 atom stereocenters. The molecule has 0 N–H and O–H groups in total. The summed E-state index contributed by atoms with van der Waals surface area (Å²) in [5.41, 5.74) is 0. The van der Waals surface area contributed by atoms with Crippen LogP contribution in [0.1, 0.15) is 40.0 Å². The summed E-state index contributed by atoms with van der Waals surface area (Å²) in [5, 5.41) is 0.0352. The molecule has 9 heteroatoms. The lowest BCUT2D eigenvalue weighted by atomic mass is 10.4. The van der Waals surface area contributed by atoms with Crippen LogP contribution in [-0.2, 0) is 32.3 Å². The van der Waals surface area contributed by atoms with Gasteiger partial charge in [-0.1, -0.05) is 25.1 Å². The summed E-state index contributed by atoms with van der Waals surface area (Å²) in [6.07, 6.45) is 3.00. The van der Waals surface area contributed by atoms with E-state index in [0.29, 0.717) is 51.4 Å². The van der Waals surface area contributed by atoms with E-state index in [-0.39, 0.29) is 11.7 Å². The summed E-state index contributed by atoms with van der Waals surface area (Å²) in [5.74, 6) is 0.700. The Kier molecular flexibility index (Phi) is 19.3. The van der Waals surface area contributed by atoms with Gasteiger partial charge in [0.05, 0.1) is 26.4 Å². The number of thioether (sulfide) groups is 1. The van der Waals surface area contributed by atoms with Crippen LogP contribution in [0.15, 0.2) is 0 Å². The Bertz CT molecular complexity index is 342. The Hall–Kier alpha value is -0.00312. The number of rotatable bonds is 20. The van der Waals surface area contributed by atoms with Gasteiger partial charge in [0.1, 0.15) is 6.61 Å². The SMILES string of the molecule is CCCCOCCOCCO[Si](CCCSC(=O)COC)(OCC)OCC. The van der Waals surface area contributed by atoms with Crippen molar-refractivity contribution in [2.24, 2.45) is 0 Å². The fourth-order valence-corrected chi connectivity index (χ4v) is 5.78. The zero-order chi connectivity index (χ0) is 20.2. The first kappa shape index (κ1) is 27.0. The minimum atomic E-state index is -2.74. The molecule has 0 radical (unpaired) electrons. The van der Waals surface area contributed by atoms with Crippen molar-refractivity contribution in [3.05, 3.63) is 0 Å². The summed E-state index contributed by atoms with van der Waals surface area (Å²) in [7, 11) is -1.22. The highest BCUT2D eigenvalue weighted by atomic mass is 32.2. The van der Waals surface area contributed by atoms with Gasteiger partial charge in [0, 0.05) is 38.7 Å². The van der Waals surface area contributed by atoms with E-state index < -0.39 is 8.80 Å². The second-order valence-electron chi connectivity index (χ2n) is 5.73. The summed E-state index contributed by atoms with van der Waals surface area (Å²) >= 11 is 1.27. The molecule has 0 aromatic carbocycles. The van der Waals surface area contributed by atoms with Crippen LogP contribution in [0.4, 0.5) is 0 Å². The molecule has 0 rings (SSSR count). The van der Waals surface area contributed by atoms with Gasteiger partial charge in [-0.05, 0) is 26.7 Å². The number of carbonyl (C=O) groups excluding carboxylic acids is 1. The van der Waals surface area contributed by atoms with E-state index in [0.717, 1.165) is 25.9 Å². The van der Waals surface area contributed by atoms with Gasteiger partial charge in [-0.15, -0.1) is 0 Å². The molecule has 0 spiro atoms. The van der Waals surface area contributed by atoms with Crippen LogP contribution in [0.5, 0.6) is 0 Å². The standard InChI is InChI=1S/C18H38O7SSi/c1-5-8-10-21-11-12-22-13-14-25-27(23-6-2,24-7-3)16-9-15-26-18(19)17-20-4/h5-17H2,1-4H3. The van der Waals surface area contributed by atoms with E-state index in [2.05, 4.69) is 6.92 Å². The fraction of sp³-hybridized carbons (Fsp3) is 0.944. The van der Waals surface area contributed by atoms with E-state index in [4.69, 9.17) is 27.5 Å². The Morgan fingerprint density at radius 3 is 2.07 bits per heavy atom. The zero-order valence-corrected chi connectivity index (χ0v) is 19.3. The van der Waals surface area contributed by atoms with Gasteiger partial charge in [-0.2, -0.15) is 0 Å². The second-order valence-corrected chi connectivity index (χ2v) is 9.62. The van der Waals surface area contributed by atoms with Gasteiger partial charge in [0.25, 0.3) is 0 Å². The molecule has 27 heavy (non-hydrogen) atoms. The maximum absolute atomic E-state index is 11.5. The molecule has 0 heterocycles. The van der Waals surface area contributed by atoms with Crippen LogP contribution in [0.2, 0.25) is 6.04 Å². The summed E-state index contributed by atoms with van der Waals surface area (Å²) < 4.78 is 33.6. The molecule has 0 aromatic rings. The fourth-order valence-electron chi connectivity index (χ4n) is 2.24. The number of carbonyl (C=O) groups is 1. The molecule has 0 aliphatic rings. The maximum Gasteiger partial charge on any atom is 0.501 e. The van der Waals surface area contributed by atoms with E-state index in [9.17, 15) is 4.79 Å². The summed E-state index contributed by atoms with van der Waals surface area (Å²) in [4.78, 5) is 11.5. The topological polar surface area (TPSA) is 72.5 Å². The third-order valence-corrected chi connectivity index (χ3v) is 7.44. The van der Waals surface area contributed by atoms with Crippen molar-refractivity contribution in [1.29, 1.82) is 0 Å². The molecule has 7 nitrogen and oxygen atoms in total. The maximum atomic E-state index is 11.5. The second kappa shape index (κ2) is 19.3. The molecule has 0 aliphatic carbocycles. The first-order valence-electron chi connectivity index (χ1n) is 9.86. The van der Waals surface area contributed by atoms with E-state index in [1.165, 1.54) is 18.9 Å². The average Bonchev–Trinajstić information content (AvgIpc) is 2.65. The molecule has 0 aliphatic heterocycles. The zero-order valence-electron chi connectivity index (χ0n) is 17.5. The predicted octanol–water partition coefficient (Wildman–Crippen LogP) is 3.14. The third kappa shape index (κ3) is 15.6. The van der Waals surface area contributed by atoms with Gasteiger partial charge in [0.2, 0.25) is 5.12 Å². The number of hydrogen-bond donors (Lipinski definition) is 0. The Morgan fingerprint density at radius 2 is 1.48 bits per heavy atom. The molecule has 162 valence electrons. The van der Waals surface area contributed by atoms with E-state index in [1.807, 2.05) is 13.8 Å². The van der Waals surface area contributed by atoms with E-state index in [1.54, 1.807) is 0 Å². The molecule has 0 fully saturated rings. The minimum absolute atomic E-state index is 0.0352.